The van der Waals surface area contributed by atoms with Crippen LogP contribution >= 0.6 is 0 Å². The Balaban J connectivity index is 3.11. The molecule has 5 heteroatoms. The zero-order valence-corrected chi connectivity index (χ0v) is 10.7. The van der Waals surface area contributed by atoms with Crippen LogP contribution in [0.1, 0.15) is 39.5 Å². The largest absolute Gasteiger partial charge is 0.478 e. The summed E-state index contributed by atoms with van der Waals surface area (Å²) in [5.74, 6) is -2.91. The minimum atomic E-state index is -1.16. The summed E-state index contributed by atoms with van der Waals surface area (Å²) >= 11 is 0. The van der Waals surface area contributed by atoms with E-state index in [1.807, 2.05) is 0 Å². The van der Waals surface area contributed by atoms with Crippen molar-refractivity contribution in [2.45, 2.75) is 45.6 Å². The number of rotatable bonds is 4. The van der Waals surface area contributed by atoms with E-state index in [2.05, 4.69) is 0 Å². The van der Waals surface area contributed by atoms with E-state index in [4.69, 9.17) is 0 Å². The monoisotopic (exact) mass is 256 g/mol. The second kappa shape index (κ2) is 6.00. The lowest BCUT2D eigenvalue weighted by Crippen LogP contribution is -2.26. The fraction of sp³-hybridized carbons (Fsp3) is 0.692. The zero-order valence-electron chi connectivity index (χ0n) is 10.7. The molecule has 0 radical (unpaired) electrons. The predicted octanol–water partition coefficient (Wildman–Crippen LogP) is 1.66. The molecule has 0 bridgehead atoms. The Morgan fingerprint density at radius 1 is 1.00 bits per heavy atom. The second-order valence-electron chi connectivity index (χ2n) is 5.10. The number of aliphatic hydroxyl groups is 1. The quantitative estimate of drug-likeness (QED) is 0.665. The summed E-state index contributed by atoms with van der Waals surface area (Å²) in [6.45, 7) is 3.37. The van der Waals surface area contributed by atoms with Gasteiger partial charge in [0.05, 0.1) is 17.3 Å². The van der Waals surface area contributed by atoms with Gasteiger partial charge in [0.25, 0.3) is 0 Å². The third kappa shape index (κ3) is 3.32. The molecule has 1 saturated carbocycles. The van der Waals surface area contributed by atoms with Gasteiger partial charge < -0.3 is 15.3 Å². The standard InChI is InChI=1S/C13H20O5/c1-7(2)10(12(15)16)11(13(17)18)8-3-5-9(14)6-4-8/h7-9,14H,3-6H2,1-2H3,(H,15,16)(H,17,18)/b11-10-. The molecule has 1 rings (SSSR count). The maximum absolute atomic E-state index is 11.3. The average molecular weight is 256 g/mol. The molecule has 102 valence electrons. The molecule has 18 heavy (non-hydrogen) atoms. The molecule has 0 heterocycles. The molecule has 1 aliphatic carbocycles. The van der Waals surface area contributed by atoms with Gasteiger partial charge in [-0.3, -0.25) is 0 Å². The van der Waals surface area contributed by atoms with Gasteiger partial charge in [-0.15, -0.1) is 0 Å². The molecule has 0 spiro atoms. The van der Waals surface area contributed by atoms with Crippen LogP contribution in [0.3, 0.4) is 0 Å². The summed E-state index contributed by atoms with van der Waals surface area (Å²) < 4.78 is 0. The van der Waals surface area contributed by atoms with Gasteiger partial charge in [0.15, 0.2) is 0 Å². The van der Waals surface area contributed by atoms with E-state index >= 15 is 0 Å². The van der Waals surface area contributed by atoms with Crippen LogP contribution in [0.2, 0.25) is 0 Å². The number of carboxylic acids is 2. The number of hydrogen-bond acceptors (Lipinski definition) is 3. The van der Waals surface area contributed by atoms with Crippen LogP contribution < -0.4 is 0 Å². The van der Waals surface area contributed by atoms with Gasteiger partial charge in [0, 0.05) is 0 Å². The molecule has 1 aliphatic rings. The van der Waals surface area contributed by atoms with Crippen LogP contribution in [0, 0.1) is 11.8 Å². The Morgan fingerprint density at radius 3 is 1.83 bits per heavy atom. The minimum absolute atomic E-state index is 0.0103. The number of aliphatic carboxylic acids is 2. The SMILES string of the molecule is CC(C)/C(C(=O)O)=C(/C(=O)O)C1CCC(O)CC1. The van der Waals surface area contributed by atoms with E-state index in [0.717, 1.165) is 0 Å². The maximum Gasteiger partial charge on any atom is 0.332 e. The number of aliphatic hydroxyl groups excluding tert-OH is 1. The minimum Gasteiger partial charge on any atom is -0.478 e. The summed E-state index contributed by atoms with van der Waals surface area (Å²) in [6.07, 6.45) is 1.75. The van der Waals surface area contributed by atoms with Crippen molar-refractivity contribution in [2.75, 3.05) is 0 Å². The van der Waals surface area contributed by atoms with Crippen LogP contribution in [0.5, 0.6) is 0 Å². The summed E-state index contributed by atoms with van der Waals surface area (Å²) in [6, 6.07) is 0. The van der Waals surface area contributed by atoms with Gasteiger partial charge >= 0.3 is 11.9 Å². The Morgan fingerprint density at radius 2 is 1.50 bits per heavy atom. The molecule has 0 unspecified atom stereocenters. The average Bonchev–Trinajstić information content (AvgIpc) is 2.25. The molecule has 0 saturated heterocycles. The van der Waals surface area contributed by atoms with Gasteiger partial charge in [0.2, 0.25) is 0 Å². The highest BCUT2D eigenvalue weighted by Gasteiger charge is 2.31. The maximum atomic E-state index is 11.3. The van der Waals surface area contributed by atoms with Crippen LogP contribution in [-0.4, -0.2) is 33.4 Å². The number of hydrogen-bond donors (Lipinski definition) is 3. The Kier molecular flexibility index (Phi) is 4.90. The van der Waals surface area contributed by atoms with Gasteiger partial charge in [-0.25, -0.2) is 9.59 Å². The van der Waals surface area contributed by atoms with Crippen molar-refractivity contribution in [3.05, 3.63) is 11.1 Å². The first-order valence-electron chi connectivity index (χ1n) is 6.23. The highest BCUT2D eigenvalue weighted by atomic mass is 16.4. The lowest BCUT2D eigenvalue weighted by Gasteiger charge is -2.27. The van der Waals surface area contributed by atoms with Crippen molar-refractivity contribution in [3.63, 3.8) is 0 Å². The molecule has 0 amide bonds. The molecule has 3 N–H and O–H groups in total. The fourth-order valence-corrected chi connectivity index (χ4v) is 2.55. The lowest BCUT2D eigenvalue weighted by atomic mass is 9.79. The van der Waals surface area contributed by atoms with Crippen LogP contribution in [0.25, 0.3) is 0 Å². The van der Waals surface area contributed by atoms with E-state index < -0.39 is 11.9 Å². The number of carboxylic acid groups (broad SMARTS) is 2. The van der Waals surface area contributed by atoms with E-state index in [0.29, 0.717) is 25.7 Å². The smallest absolute Gasteiger partial charge is 0.332 e. The summed E-state index contributed by atoms with van der Waals surface area (Å²) in [7, 11) is 0. The molecule has 0 aromatic carbocycles. The van der Waals surface area contributed by atoms with E-state index in [1.54, 1.807) is 13.8 Å². The molecule has 1 fully saturated rings. The summed E-state index contributed by atoms with van der Waals surface area (Å²) in [4.78, 5) is 22.6. The van der Waals surface area contributed by atoms with Crippen molar-refractivity contribution in [1.82, 2.24) is 0 Å². The lowest BCUT2D eigenvalue weighted by molar-refractivity contribution is -0.137. The van der Waals surface area contributed by atoms with Gasteiger partial charge in [-0.2, -0.15) is 0 Å². The molecule has 0 atom stereocenters. The fourth-order valence-electron chi connectivity index (χ4n) is 2.55. The second-order valence-corrected chi connectivity index (χ2v) is 5.10. The highest BCUT2D eigenvalue weighted by molar-refractivity contribution is 5.99. The first-order chi connectivity index (χ1) is 8.34. The van der Waals surface area contributed by atoms with Crippen LogP contribution in [0.15, 0.2) is 11.1 Å². The van der Waals surface area contributed by atoms with E-state index in [-0.39, 0.29) is 29.1 Å². The van der Waals surface area contributed by atoms with Crippen molar-refractivity contribution in [1.29, 1.82) is 0 Å². The van der Waals surface area contributed by atoms with Crippen LogP contribution in [-0.2, 0) is 9.59 Å². The number of carbonyl (C=O) groups is 2. The Hall–Kier alpha value is -1.36. The molecular formula is C13H20O5. The summed E-state index contributed by atoms with van der Waals surface area (Å²) in [5.41, 5.74) is 0.00768. The van der Waals surface area contributed by atoms with E-state index in [9.17, 15) is 24.9 Å². The Labute approximate surface area is 106 Å². The third-order valence-electron chi connectivity index (χ3n) is 3.43. The predicted molar refractivity (Wildman–Crippen MR) is 65.1 cm³/mol. The molecule has 0 aromatic rings. The highest BCUT2D eigenvalue weighted by Crippen LogP contribution is 2.33. The Bertz CT molecular complexity index is 362. The molecular weight excluding hydrogens is 236 g/mol. The third-order valence-corrected chi connectivity index (χ3v) is 3.43. The van der Waals surface area contributed by atoms with E-state index in [1.165, 1.54) is 0 Å². The van der Waals surface area contributed by atoms with Crippen molar-refractivity contribution < 1.29 is 24.9 Å². The van der Waals surface area contributed by atoms with Gasteiger partial charge in [-0.05, 0) is 37.5 Å². The van der Waals surface area contributed by atoms with Gasteiger partial charge in [0.1, 0.15) is 0 Å². The van der Waals surface area contributed by atoms with Crippen molar-refractivity contribution in [3.8, 4) is 0 Å². The molecule has 5 nitrogen and oxygen atoms in total. The first-order valence-corrected chi connectivity index (χ1v) is 6.23. The molecule has 0 aromatic heterocycles. The first kappa shape index (κ1) is 14.7. The molecule has 0 aliphatic heterocycles. The topological polar surface area (TPSA) is 94.8 Å². The zero-order chi connectivity index (χ0) is 13.9. The van der Waals surface area contributed by atoms with Crippen molar-refractivity contribution >= 4 is 11.9 Å². The van der Waals surface area contributed by atoms with Crippen molar-refractivity contribution in [2.24, 2.45) is 11.8 Å². The van der Waals surface area contributed by atoms with Gasteiger partial charge in [-0.1, -0.05) is 13.8 Å². The normalized spacial score (nSPS) is 25.8. The summed E-state index contributed by atoms with van der Waals surface area (Å²) in [5, 5.41) is 27.9. The van der Waals surface area contributed by atoms with Crippen LogP contribution in [0.4, 0.5) is 0 Å².